The maximum Gasteiger partial charge on any atom is 0.310 e. The highest BCUT2D eigenvalue weighted by Gasteiger charge is 2.13. The summed E-state index contributed by atoms with van der Waals surface area (Å²) in [6, 6.07) is 0. The van der Waals surface area contributed by atoms with Crippen LogP contribution >= 0.6 is 0 Å². The van der Waals surface area contributed by atoms with Gasteiger partial charge in [0.05, 0.1) is 5.92 Å². The summed E-state index contributed by atoms with van der Waals surface area (Å²) in [7, 11) is 0. The van der Waals surface area contributed by atoms with Crippen LogP contribution in [0.3, 0.4) is 0 Å². The molecule has 0 aliphatic heterocycles. The molecule has 0 fully saturated rings. The van der Waals surface area contributed by atoms with Crippen LogP contribution in [0.4, 0.5) is 0 Å². The summed E-state index contributed by atoms with van der Waals surface area (Å²) in [6.07, 6.45) is 12.8. The lowest BCUT2D eigenvalue weighted by Gasteiger charge is -2.06. The monoisotopic (exact) mass is 284 g/mol. The van der Waals surface area contributed by atoms with Crippen molar-refractivity contribution in [1.82, 2.24) is 0 Å². The van der Waals surface area contributed by atoms with Gasteiger partial charge in [0.15, 0.2) is 0 Å². The zero-order valence-electron chi connectivity index (χ0n) is 12.5. The molecular formula is C16H28O4. The molecule has 0 radical (unpaired) electrons. The molecule has 116 valence electrons. The molecule has 0 bridgehead atoms. The second-order valence-electron chi connectivity index (χ2n) is 5.22. The third-order valence-electron chi connectivity index (χ3n) is 3.32. The standard InChI is InChI=1S/C16H28O4/c1-2-3-4-5-6-7-8-9-11-14(16(19)20)12-10-13-15(17)18/h9,11,14H,2-8,10,12-13H2,1H3,(H,17,18)(H,19,20). The van der Waals surface area contributed by atoms with Crippen LogP contribution in [-0.2, 0) is 9.59 Å². The second-order valence-corrected chi connectivity index (χ2v) is 5.22. The highest BCUT2D eigenvalue weighted by Crippen LogP contribution is 2.13. The molecule has 2 N–H and O–H groups in total. The number of aliphatic carboxylic acids is 2. The highest BCUT2D eigenvalue weighted by atomic mass is 16.4. The van der Waals surface area contributed by atoms with Gasteiger partial charge in [-0.05, 0) is 25.7 Å². The van der Waals surface area contributed by atoms with E-state index in [-0.39, 0.29) is 6.42 Å². The predicted octanol–water partition coefficient (Wildman–Crippen LogP) is 4.25. The Balaban J connectivity index is 3.74. The normalized spacial score (nSPS) is 12.7. The zero-order chi connectivity index (χ0) is 15.2. The van der Waals surface area contributed by atoms with E-state index in [0.29, 0.717) is 12.8 Å². The van der Waals surface area contributed by atoms with Crippen LogP contribution in [0.1, 0.15) is 71.1 Å². The van der Waals surface area contributed by atoms with Crippen LogP contribution in [0, 0.1) is 5.92 Å². The van der Waals surface area contributed by atoms with Crippen LogP contribution in [0.2, 0.25) is 0 Å². The smallest absolute Gasteiger partial charge is 0.310 e. The first-order valence-corrected chi connectivity index (χ1v) is 7.69. The average Bonchev–Trinajstić information content (AvgIpc) is 2.39. The van der Waals surface area contributed by atoms with Gasteiger partial charge in [-0.25, -0.2) is 0 Å². The molecule has 0 saturated heterocycles. The van der Waals surface area contributed by atoms with Crippen molar-refractivity contribution >= 4 is 11.9 Å². The van der Waals surface area contributed by atoms with Crippen LogP contribution in [0.5, 0.6) is 0 Å². The van der Waals surface area contributed by atoms with Crippen LogP contribution in [-0.4, -0.2) is 22.2 Å². The maximum absolute atomic E-state index is 11.0. The molecule has 1 unspecified atom stereocenters. The van der Waals surface area contributed by atoms with Gasteiger partial charge in [0.25, 0.3) is 0 Å². The van der Waals surface area contributed by atoms with Gasteiger partial charge in [0.1, 0.15) is 0 Å². The summed E-state index contributed by atoms with van der Waals surface area (Å²) in [6.45, 7) is 2.19. The average molecular weight is 284 g/mol. The molecular weight excluding hydrogens is 256 g/mol. The molecule has 0 saturated carbocycles. The quantitative estimate of drug-likeness (QED) is 0.391. The third kappa shape index (κ3) is 11.8. The van der Waals surface area contributed by atoms with Gasteiger partial charge in [-0.2, -0.15) is 0 Å². The van der Waals surface area contributed by atoms with E-state index < -0.39 is 17.9 Å². The molecule has 0 aromatic heterocycles. The molecule has 0 aliphatic rings. The second kappa shape index (κ2) is 12.7. The molecule has 0 aliphatic carbocycles. The number of hydrogen-bond acceptors (Lipinski definition) is 2. The lowest BCUT2D eigenvalue weighted by Crippen LogP contribution is -2.11. The van der Waals surface area contributed by atoms with E-state index in [0.717, 1.165) is 12.8 Å². The number of allylic oxidation sites excluding steroid dienone is 1. The fraction of sp³-hybridized carbons (Fsp3) is 0.750. The number of carboxylic acids is 2. The fourth-order valence-electron chi connectivity index (χ4n) is 2.08. The number of rotatable bonds is 13. The first-order valence-electron chi connectivity index (χ1n) is 7.69. The molecule has 4 nitrogen and oxygen atoms in total. The van der Waals surface area contributed by atoms with E-state index in [1.54, 1.807) is 6.08 Å². The van der Waals surface area contributed by atoms with Gasteiger partial charge in [0.2, 0.25) is 0 Å². The first-order chi connectivity index (χ1) is 9.57. The molecule has 0 heterocycles. The van der Waals surface area contributed by atoms with Crippen LogP contribution < -0.4 is 0 Å². The maximum atomic E-state index is 11.0. The van der Waals surface area contributed by atoms with E-state index in [4.69, 9.17) is 10.2 Å². The van der Waals surface area contributed by atoms with Crippen molar-refractivity contribution in [2.75, 3.05) is 0 Å². The predicted molar refractivity (Wildman–Crippen MR) is 79.7 cm³/mol. The summed E-state index contributed by atoms with van der Waals surface area (Å²) in [5.74, 6) is -2.28. The van der Waals surface area contributed by atoms with Crippen LogP contribution in [0.25, 0.3) is 0 Å². The number of carboxylic acid groups (broad SMARTS) is 2. The van der Waals surface area contributed by atoms with E-state index >= 15 is 0 Å². The Morgan fingerprint density at radius 1 is 1.00 bits per heavy atom. The SMILES string of the molecule is CCCCCCCCC=CC(CCCC(=O)O)C(=O)O. The van der Waals surface area contributed by atoms with E-state index in [2.05, 4.69) is 6.92 Å². The first kappa shape index (κ1) is 18.7. The van der Waals surface area contributed by atoms with Gasteiger partial charge >= 0.3 is 11.9 Å². The van der Waals surface area contributed by atoms with Crippen LogP contribution in [0.15, 0.2) is 12.2 Å². The Kier molecular flexibility index (Phi) is 11.9. The zero-order valence-corrected chi connectivity index (χ0v) is 12.5. The fourth-order valence-corrected chi connectivity index (χ4v) is 2.08. The van der Waals surface area contributed by atoms with Crippen molar-refractivity contribution in [2.24, 2.45) is 5.92 Å². The van der Waals surface area contributed by atoms with Crippen molar-refractivity contribution in [3.8, 4) is 0 Å². The minimum absolute atomic E-state index is 0.0368. The Labute approximate surface area is 121 Å². The Morgan fingerprint density at radius 3 is 2.25 bits per heavy atom. The minimum Gasteiger partial charge on any atom is -0.481 e. The highest BCUT2D eigenvalue weighted by molar-refractivity contribution is 5.72. The lowest BCUT2D eigenvalue weighted by molar-refractivity contribution is -0.141. The summed E-state index contributed by atoms with van der Waals surface area (Å²) in [4.78, 5) is 21.4. The van der Waals surface area contributed by atoms with Gasteiger partial charge in [-0.3, -0.25) is 9.59 Å². The lowest BCUT2D eigenvalue weighted by atomic mass is 10.0. The molecule has 0 amide bonds. The molecule has 4 heteroatoms. The van der Waals surface area contributed by atoms with Crippen molar-refractivity contribution in [1.29, 1.82) is 0 Å². The van der Waals surface area contributed by atoms with E-state index in [9.17, 15) is 9.59 Å². The van der Waals surface area contributed by atoms with Gasteiger partial charge in [-0.1, -0.05) is 51.2 Å². The Bertz CT molecular complexity index is 297. The third-order valence-corrected chi connectivity index (χ3v) is 3.32. The van der Waals surface area contributed by atoms with Crippen molar-refractivity contribution < 1.29 is 19.8 Å². The Morgan fingerprint density at radius 2 is 1.65 bits per heavy atom. The van der Waals surface area contributed by atoms with Gasteiger partial charge in [0, 0.05) is 6.42 Å². The van der Waals surface area contributed by atoms with Gasteiger partial charge in [-0.15, -0.1) is 0 Å². The summed E-state index contributed by atoms with van der Waals surface area (Å²) >= 11 is 0. The van der Waals surface area contributed by atoms with E-state index in [1.807, 2.05) is 6.08 Å². The van der Waals surface area contributed by atoms with Crippen molar-refractivity contribution in [2.45, 2.75) is 71.1 Å². The molecule has 1 atom stereocenters. The molecule has 20 heavy (non-hydrogen) atoms. The minimum atomic E-state index is -0.870. The van der Waals surface area contributed by atoms with E-state index in [1.165, 1.54) is 32.1 Å². The molecule has 0 spiro atoms. The summed E-state index contributed by atoms with van der Waals surface area (Å²) in [5.41, 5.74) is 0. The summed E-state index contributed by atoms with van der Waals surface area (Å²) in [5, 5.41) is 17.6. The molecule has 0 aromatic rings. The van der Waals surface area contributed by atoms with Crippen molar-refractivity contribution in [3.63, 3.8) is 0 Å². The summed E-state index contributed by atoms with van der Waals surface area (Å²) < 4.78 is 0. The number of carbonyl (C=O) groups is 2. The molecule has 0 rings (SSSR count). The largest absolute Gasteiger partial charge is 0.481 e. The number of hydrogen-bond donors (Lipinski definition) is 2. The van der Waals surface area contributed by atoms with Crippen molar-refractivity contribution in [3.05, 3.63) is 12.2 Å². The van der Waals surface area contributed by atoms with Gasteiger partial charge < -0.3 is 10.2 Å². The molecule has 0 aromatic carbocycles. The topological polar surface area (TPSA) is 74.6 Å². The Hall–Kier alpha value is -1.32. The number of unbranched alkanes of at least 4 members (excludes halogenated alkanes) is 6.